The number of hydrogen-bond acceptors (Lipinski definition) is 3. The zero-order valence-corrected chi connectivity index (χ0v) is 10.3. The van der Waals surface area contributed by atoms with Gasteiger partial charge in [-0.05, 0) is 39.7 Å². The first-order valence-corrected chi connectivity index (χ1v) is 5.46. The molecule has 0 fully saturated rings. The average molecular weight is 216 g/mol. The van der Waals surface area contributed by atoms with E-state index in [0.717, 1.165) is 6.42 Å². The van der Waals surface area contributed by atoms with Crippen molar-refractivity contribution in [3.8, 4) is 0 Å². The molecule has 0 saturated carbocycles. The van der Waals surface area contributed by atoms with Crippen molar-refractivity contribution >= 4 is 5.91 Å². The molecule has 0 aromatic heterocycles. The van der Waals surface area contributed by atoms with Gasteiger partial charge in [-0.1, -0.05) is 6.92 Å². The molecule has 0 radical (unpaired) electrons. The average Bonchev–Trinajstić information content (AvgIpc) is 2.11. The van der Waals surface area contributed by atoms with Gasteiger partial charge >= 0.3 is 0 Å². The minimum Gasteiger partial charge on any atom is -0.366 e. The van der Waals surface area contributed by atoms with Gasteiger partial charge < -0.3 is 15.8 Å². The summed E-state index contributed by atoms with van der Waals surface area (Å²) in [5, 5.41) is 2.82. The van der Waals surface area contributed by atoms with Crippen LogP contribution < -0.4 is 11.1 Å². The van der Waals surface area contributed by atoms with E-state index in [-0.39, 0.29) is 18.1 Å². The molecular formula is C11H24N2O2. The fourth-order valence-electron chi connectivity index (χ4n) is 1.01. The van der Waals surface area contributed by atoms with Crippen molar-refractivity contribution < 1.29 is 9.53 Å². The van der Waals surface area contributed by atoms with Crippen molar-refractivity contribution in [2.24, 2.45) is 11.7 Å². The minimum atomic E-state index is -0.264. The first-order valence-electron chi connectivity index (χ1n) is 5.46. The standard InChI is InChI=1S/C11H24N2O2/c1-9(5-6-12)7-13-10(14)8-15-11(2,3)4/h9H,5-8,12H2,1-4H3,(H,13,14). The summed E-state index contributed by atoms with van der Waals surface area (Å²) >= 11 is 0. The molecule has 0 aromatic carbocycles. The molecule has 3 N–H and O–H groups in total. The number of carbonyl (C=O) groups is 1. The maximum Gasteiger partial charge on any atom is 0.246 e. The van der Waals surface area contributed by atoms with Crippen LogP contribution in [0, 0.1) is 5.92 Å². The number of nitrogens with two attached hydrogens (primary N) is 1. The van der Waals surface area contributed by atoms with Crippen molar-refractivity contribution in [1.29, 1.82) is 0 Å². The third kappa shape index (κ3) is 9.69. The molecule has 4 heteroatoms. The summed E-state index contributed by atoms with van der Waals surface area (Å²) < 4.78 is 5.35. The lowest BCUT2D eigenvalue weighted by molar-refractivity contribution is -0.130. The van der Waals surface area contributed by atoms with E-state index in [1.54, 1.807) is 0 Å². The molecule has 90 valence electrons. The maximum absolute atomic E-state index is 11.3. The highest BCUT2D eigenvalue weighted by molar-refractivity contribution is 5.77. The lowest BCUT2D eigenvalue weighted by Crippen LogP contribution is -2.34. The summed E-state index contributed by atoms with van der Waals surface area (Å²) in [5.74, 6) is 0.363. The van der Waals surface area contributed by atoms with Crippen LogP contribution in [0.1, 0.15) is 34.1 Å². The van der Waals surface area contributed by atoms with Crippen molar-refractivity contribution in [3.05, 3.63) is 0 Å². The Hall–Kier alpha value is -0.610. The van der Waals surface area contributed by atoms with Crippen molar-refractivity contribution in [2.75, 3.05) is 19.7 Å². The summed E-state index contributed by atoms with van der Waals surface area (Å²) in [5.41, 5.74) is 5.15. The molecule has 0 spiro atoms. The predicted molar refractivity (Wildman–Crippen MR) is 61.6 cm³/mol. The number of hydrogen-bond donors (Lipinski definition) is 2. The maximum atomic E-state index is 11.3. The van der Waals surface area contributed by atoms with E-state index >= 15 is 0 Å². The van der Waals surface area contributed by atoms with Crippen molar-refractivity contribution in [3.63, 3.8) is 0 Å². The highest BCUT2D eigenvalue weighted by Gasteiger charge is 2.13. The number of nitrogens with one attached hydrogen (secondary N) is 1. The Labute approximate surface area is 92.6 Å². The van der Waals surface area contributed by atoms with Crippen LogP contribution >= 0.6 is 0 Å². The fourth-order valence-corrected chi connectivity index (χ4v) is 1.01. The Bertz CT molecular complexity index is 188. The van der Waals surface area contributed by atoms with Gasteiger partial charge in [-0.25, -0.2) is 0 Å². The van der Waals surface area contributed by atoms with Crippen LogP contribution in [-0.4, -0.2) is 31.2 Å². The summed E-state index contributed by atoms with van der Waals surface area (Å²) in [6, 6.07) is 0. The normalized spacial score (nSPS) is 13.7. The van der Waals surface area contributed by atoms with E-state index in [2.05, 4.69) is 12.2 Å². The molecule has 0 aliphatic carbocycles. The summed E-state index contributed by atoms with van der Waals surface area (Å²) in [4.78, 5) is 11.3. The molecule has 1 amide bonds. The van der Waals surface area contributed by atoms with Crippen LogP contribution in [0.15, 0.2) is 0 Å². The summed E-state index contributed by atoms with van der Waals surface area (Å²) in [6.45, 7) is 9.31. The van der Waals surface area contributed by atoms with Crippen molar-refractivity contribution in [2.45, 2.75) is 39.7 Å². The number of carbonyl (C=O) groups excluding carboxylic acids is 1. The predicted octanol–water partition coefficient (Wildman–Crippen LogP) is 0.903. The molecular weight excluding hydrogens is 192 g/mol. The molecule has 1 unspecified atom stereocenters. The van der Waals surface area contributed by atoms with Gasteiger partial charge in [-0.2, -0.15) is 0 Å². The van der Waals surface area contributed by atoms with E-state index in [0.29, 0.717) is 19.0 Å². The fraction of sp³-hybridized carbons (Fsp3) is 0.909. The van der Waals surface area contributed by atoms with E-state index in [1.807, 2.05) is 20.8 Å². The Morgan fingerprint density at radius 1 is 1.47 bits per heavy atom. The Kier molecular flexibility index (Phi) is 6.52. The zero-order valence-electron chi connectivity index (χ0n) is 10.3. The summed E-state index contributed by atoms with van der Waals surface area (Å²) in [7, 11) is 0. The largest absolute Gasteiger partial charge is 0.366 e. The second kappa shape index (κ2) is 6.80. The van der Waals surface area contributed by atoms with Gasteiger partial charge in [0.25, 0.3) is 0 Å². The second-order valence-corrected chi connectivity index (χ2v) is 4.89. The Morgan fingerprint density at radius 3 is 2.53 bits per heavy atom. The SMILES string of the molecule is CC(CCN)CNC(=O)COC(C)(C)C. The van der Waals surface area contributed by atoms with E-state index < -0.39 is 0 Å². The molecule has 0 bridgehead atoms. The molecule has 0 heterocycles. The minimum absolute atomic E-state index is 0.0613. The lowest BCUT2D eigenvalue weighted by atomic mass is 10.1. The number of amides is 1. The monoisotopic (exact) mass is 216 g/mol. The topological polar surface area (TPSA) is 64.3 Å². The third-order valence-corrected chi connectivity index (χ3v) is 1.94. The van der Waals surface area contributed by atoms with E-state index in [9.17, 15) is 4.79 Å². The Morgan fingerprint density at radius 2 is 2.07 bits per heavy atom. The van der Waals surface area contributed by atoms with Crippen LogP contribution in [0.5, 0.6) is 0 Å². The highest BCUT2D eigenvalue weighted by Crippen LogP contribution is 2.05. The van der Waals surface area contributed by atoms with Crippen LogP contribution in [0.25, 0.3) is 0 Å². The molecule has 4 nitrogen and oxygen atoms in total. The first-order chi connectivity index (χ1) is 6.85. The van der Waals surface area contributed by atoms with Gasteiger partial charge in [0, 0.05) is 6.54 Å². The smallest absolute Gasteiger partial charge is 0.246 e. The van der Waals surface area contributed by atoms with Crippen LogP contribution in [0.2, 0.25) is 0 Å². The van der Waals surface area contributed by atoms with Gasteiger partial charge in [0.15, 0.2) is 0 Å². The Balaban J connectivity index is 3.58. The quantitative estimate of drug-likeness (QED) is 0.693. The van der Waals surface area contributed by atoms with E-state index in [4.69, 9.17) is 10.5 Å². The van der Waals surface area contributed by atoms with Gasteiger partial charge in [0.1, 0.15) is 6.61 Å². The third-order valence-electron chi connectivity index (χ3n) is 1.94. The molecule has 0 saturated heterocycles. The van der Waals surface area contributed by atoms with Crippen molar-refractivity contribution in [1.82, 2.24) is 5.32 Å². The van der Waals surface area contributed by atoms with Crippen LogP contribution in [0.3, 0.4) is 0 Å². The number of rotatable bonds is 6. The van der Waals surface area contributed by atoms with Gasteiger partial charge in [0.05, 0.1) is 5.60 Å². The van der Waals surface area contributed by atoms with Gasteiger partial charge in [-0.3, -0.25) is 4.79 Å². The summed E-state index contributed by atoms with van der Waals surface area (Å²) in [6.07, 6.45) is 0.931. The zero-order chi connectivity index (χ0) is 11.9. The molecule has 1 atom stereocenters. The highest BCUT2D eigenvalue weighted by atomic mass is 16.5. The lowest BCUT2D eigenvalue weighted by Gasteiger charge is -2.19. The molecule has 0 rings (SSSR count). The molecule has 0 aliphatic rings. The van der Waals surface area contributed by atoms with Crippen LogP contribution in [-0.2, 0) is 9.53 Å². The van der Waals surface area contributed by atoms with E-state index in [1.165, 1.54) is 0 Å². The molecule has 0 aromatic rings. The molecule has 15 heavy (non-hydrogen) atoms. The first kappa shape index (κ1) is 14.4. The second-order valence-electron chi connectivity index (χ2n) is 4.89. The van der Waals surface area contributed by atoms with Crippen LogP contribution in [0.4, 0.5) is 0 Å². The van der Waals surface area contributed by atoms with Gasteiger partial charge in [0.2, 0.25) is 5.91 Å². The van der Waals surface area contributed by atoms with Gasteiger partial charge in [-0.15, -0.1) is 0 Å². The molecule has 0 aliphatic heterocycles. The number of ether oxygens (including phenoxy) is 1.